The normalized spacial score (nSPS) is 29.5. The number of hydrazine groups is 1. The maximum atomic E-state index is 12.9. The van der Waals surface area contributed by atoms with Gasteiger partial charge in [-0.15, -0.1) is 0 Å². The molecule has 4 aliphatic carbocycles. The Hall–Kier alpha value is -2.31. The number of aryl methyl sites for hydroxylation is 2. The van der Waals surface area contributed by atoms with Crippen LogP contribution in [0.5, 0.6) is 0 Å². The molecule has 7 heteroatoms. The van der Waals surface area contributed by atoms with Gasteiger partial charge in [0, 0.05) is 18.4 Å². The van der Waals surface area contributed by atoms with Gasteiger partial charge >= 0.3 is 0 Å². The van der Waals surface area contributed by atoms with Gasteiger partial charge in [0.05, 0.1) is 5.56 Å². The lowest BCUT2D eigenvalue weighted by molar-refractivity contribution is -0.146. The van der Waals surface area contributed by atoms with E-state index in [-0.39, 0.29) is 23.7 Å². The second-order valence-corrected chi connectivity index (χ2v) is 9.39. The predicted octanol–water partition coefficient (Wildman–Crippen LogP) is 2.77. The number of nitrogens with one attached hydrogen (secondary N) is 3. The summed E-state index contributed by atoms with van der Waals surface area (Å²) in [5.41, 5.74) is 5.09. The van der Waals surface area contributed by atoms with Crippen LogP contribution in [0.2, 0.25) is 0 Å². The summed E-state index contributed by atoms with van der Waals surface area (Å²) in [6.07, 6.45) is 7.87. The van der Waals surface area contributed by atoms with Crippen molar-refractivity contribution < 1.29 is 18.8 Å². The van der Waals surface area contributed by atoms with Crippen LogP contribution < -0.4 is 16.2 Å². The second-order valence-electron chi connectivity index (χ2n) is 9.39. The Labute approximate surface area is 171 Å². The van der Waals surface area contributed by atoms with Gasteiger partial charge < -0.3 is 9.73 Å². The maximum absolute atomic E-state index is 12.9. The van der Waals surface area contributed by atoms with Crippen molar-refractivity contribution in [1.82, 2.24) is 16.2 Å². The average Bonchev–Trinajstić information content (AvgIpc) is 3.00. The molecule has 4 saturated carbocycles. The minimum Gasteiger partial charge on any atom is -0.466 e. The molecule has 0 aliphatic heterocycles. The summed E-state index contributed by atoms with van der Waals surface area (Å²) in [7, 11) is 0. The minimum absolute atomic E-state index is 0.147. The molecular weight excluding hydrogens is 370 g/mol. The second kappa shape index (κ2) is 7.84. The van der Waals surface area contributed by atoms with E-state index < -0.39 is 5.91 Å². The summed E-state index contributed by atoms with van der Waals surface area (Å²) in [6, 6.07) is 1.64. The van der Waals surface area contributed by atoms with Crippen LogP contribution in [0.15, 0.2) is 10.5 Å². The SMILES string of the molecule is Cc1cc(C(=O)NNC(=O)CCCNC(=O)C23CC4CC(CC(C4)C2)C3)c(C)o1. The summed E-state index contributed by atoms with van der Waals surface area (Å²) < 4.78 is 5.32. The summed E-state index contributed by atoms with van der Waals surface area (Å²) in [5, 5.41) is 3.08. The highest BCUT2D eigenvalue weighted by Crippen LogP contribution is 2.60. The molecule has 7 nitrogen and oxygen atoms in total. The van der Waals surface area contributed by atoms with E-state index in [9.17, 15) is 14.4 Å². The van der Waals surface area contributed by atoms with Gasteiger partial charge in [0.15, 0.2) is 0 Å². The predicted molar refractivity (Wildman–Crippen MR) is 107 cm³/mol. The highest BCUT2D eigenvalue weighted by Gasteiger charge is 2.54. The van der Waals surface area contributed by atoms with Crippen LogP contribution in [0.4, 0.5) is 0 Å². The van der Waals surface area contributed by atoms with Crippen LogP contribution >= 0.6 is 0 Å². The fraction of sp³-hybridized carbons (Fsp3) is 0.682. The molecule has 4 bridgehead atoms. The third-order valence-corrected chi connectivity index (χ3v) is 6.99. The van der Waals surface area contributed by atoms with E-state index in [4.69, 9.17) is 4.42 Å². The van der Waals surface area contributed by atoms with Crippen molar-refractivity contribution in [2.45, 2.75) is 65.2 Å². The summed E-state index contributed by atoms with van der Waals surface area (Å²) in [5.74, 6) is 2.90. The van der Waals surface area contributed by atoms with Crippen LogP contribution in [0.25, 0.3) is 0 Å². The van der Waals surface area contributed by atoms with Gasteiger partial charge in [-0.3, -0.25) is 25.2 Å². The zero-order valence-corrected chi connectivity index (χ0v) is 17.3. The molecule has 29 heavy (non-hydrogen) atoms. The molecule has 1 aromatic heterocycles. The summed E-state index contributed by atoms with van der Waals surface area (Å²) in [6.45, 7) is 3.96. The molecule has 1 heterocycles. The minimum atomic E-state index is -0.400. The molecule has 1 aromatic rings. The Morgan fingerprint density at radius 1 is 1.03 bits per heavy atom. The smallest absolute Gasteiger partial charge is 0.273 e. The van der Waals surface area contributed by atoms with Crippen LogP contribution in [0.1, 0.15) is 73.2 Å². The van der Waals surface area contributed by atoms with Crippen LogP contribution in [0, 0.1) is 37.0 Å². The number of rotatable bonds is 6. The molecule has 0 spiro atoms. The van der Waals surface area contributed by atoms with Crippen LogP contribution in [0.3, 0.4) is 0 Å². The fourth-order valence-electron chi connectivity index (χ4n) is 6.14. The molecule has 0 atom stereocenters. The van der Waals surface area contributed by atoms with E-state index in [1.165, 1.54) is 19.3 Å². The highest BCUT2D eigenvalue weighted by atomic mass is 16.3. The molecule has 0 unspecified atom stereocenters. The first-order valence-electron chi connectivity index (χ1n) is 10.8. The molecule has 0 saturated heterocycles. The Morgan fingerprint density at radius 2 is 1.66 bits per heavy atom. The highest BCUT2D eigenvalue weighted by molar-refractivity contribution is 5.96. The third-order valence-electron chi connectivity index (χ3n) is 6.99. The van der Waals surface area contributed by atoms with Gasteiger partial charge in [0.1, 0.15) is 11.5 Å². The van der Waals surface area contributed by atoms with E-state index >= 15 is 0 Å². The quantitative estimate of drug-likeness (QED) is 0.504. The van der Waals surface area contributed by atoms with Crippen LogP contribution in [-0.4, -0.2) is 24.3 Å². The zero-order chi connectivity index (χ0) is 20.6. The standard InChI is InChI=1S/C22H31N3O4/c1-13-6-18(14(2)29-13)20(27)25-24-19(26)4-3-5-23-21(28)22-10-15-7-16(11-22)9-17(8-15)12-22/h6,15-17H,3-5,7-12H2,1-2H3,(H,23,28)(H,24,26)(H,25,27). The Bertz CT molecular complexity index is 778. The Kier molecular flexibility index (Phi) is 5.40. The number of amides is 3. The van der Waals surface area contributed by atoms with Crippen molar-refractivity contribution in [3.63, 3.8) is 0 Å². The topological polar surface area (TPSA) is 100 Å². The van der Waals surface area contributed by atoms with Gasteiger partial charge in [-0.05, 0) is 82.6 Å². The fourth-order valence-corrected chi connectivity index (χ4v) is 6.14. The van der Waals surface area contributed by atoms with Crippen molar-refractivity contribution in [1.29, 1.82) is 0 Å². The lowest BCUT2D eigenvalue weighted by Crippen LogP contribution is -2.53. The molecule has 0 radical (unpaired) electrons. The molecule has 4 aliphatic rings. The lowest BCUT2D eigenvalue weighted by atomic mass is 9.49. The molecule has 3 N–H and O–H groups in total. The zero-order valence-electron chi connectivity index (χ0n) is 17.3. The van der Waals surface area contributed by atoms with E-state index in [2.05, 4.69) is 16.2 Å². The summed E-state index contributed by atoms with van der Waals surface area (Å²) in [4.78, 5) is 36.9. The van der Waals surface area contributed by atoms with Gasteiger partial charge in [-0.1, -0.05) is 0 Å². The van der Waals surface area contributed by atoms with Gasteiger partial charge in [0.25, 0.3) is 5.91 Å². The molecular formula is C22H31N3O4. The van der Waals surface area contributed by atoms with Crippen molar-refractivity contribution in [3.8, 4) is 0 Å². The first-order chi connectivity index (χ1) is 13.8. The summed E-state index contributed by atoms with van der Waals surface area (Å²) >= 11 is 0. The van der Waals surface area contributed by atoms with E-state index in [1.807, 2.05) is 0 Å². The first kappa shape index (κ1) is 20.0. The van der Waals surface area contributed by atoms with Crippen molar-refractivity contribution >= 4 is 17.7 Å². The number of furan rings is 1. The van der Waals surface area contributed by atoms with Gasteiger partial charge in [-0.2, -0.15) is 0 Å². The van der Waals surface area contributed by atoms with Crippen molar-refractivity contribution in [2.24, 2.45) is 23.2 Å². The molecule has 3 amide bonds. The number of carbonyl (C=O) groups excluding carboxylic acids is 3. The molecule has 158 valence electrons. The molecule has 4 fully saturated rings. The number of hydrogen-bond acceptors (Lipinski definition) is 4. The van der Waals surface area contributed by atoms with E-state index in [0.29, 0.717) is 30.0 Å². The van der Waals surface area contributed by atoms with Crippen molar-refractivity contribution in [2.75, 3.05) is 6.54 Å². The lowest BCUT2D eigenvalue weighted by Gasteiger charge is -2.55. The Balaban J connectivity index is 1.16. The Morgan fingerprint density at radius 3 is 2.21 bits per heavy atom. The molecule has 5 rings (SSSR count). The van der Waals surface area contributed by atoms with Gasteiger partial charge in [0.2, 0.25) is 11.8 Å². The van der Waals surface area contributed by atoms with E-state index in [0.717, 1.165) is 37.0 Å². The third kappa shape index (κ3) is 4.19. The molecule has 0 aromatic carbocycles. The van der Waals surface area contributed by atoms with E-state index in [1.54, 1.807) is 19.9 Å². The van der Waals surface area contributed by atoms with Crippen molar-refractivity contribution in [3.05, 3.63) is 23.2 Å². The largest absolute Gasteiger partial charge is 0.466 e. The maximum Gasteiger partial charge on any atom is 0.273 e. The first-order valence-corrected chi connectivity index (χ1v) is 10.8. The van der Waals surface area contributed by atoms with Gasteiger partial charge in [-0.25, -0.2) is 0 Å². The van der Waals surface area contributed by atoms with Crippen LogP contribution in [-0.2, 0) is 9.59 Å². The average molecular weight is 402 g/mol. The number of hydrogen-bond donors (Lipinski definition) is 3. The monoisotopic (exact) mass is 401 g/mol. The number of carbonyl (C=O) groups is 3.